The summed E-state index contributed by atoms with van der Waals surface area (Å²) in [6.07, 6.45) is -0.874. The van der Waals surface area contributed by atoms with Crippen molar-refractivity contribution >= 4 is 29.0 Å². The maximum atomic E-state index is 13.8. The lowest BCUT2D eigenvalue weighted by atomic mass is 9.71. The first kappa shape index (κ1) is 26.5. The van der Waals surface area contributed by atoms with E-state index < -0.39 is 46.9 Å². The Morgan fingerprint density at radius 3 is 1.97 bits per heavy atom. The molecule has 3 aromatic carbocycles. The first-order valence-electron chi connectivity index (χ1n) is 11.3. The summed E-state index contributed by atoms with van der Waals surface area (Å²) >= 11 is 0. The fourth-order valence-electron chi connectivity index (χ4n) is 5.06. The van der Waals surface area contributed by atoms with Gasteiger partial charge >= 0.3 is 23.6 Å². The number of carbonyl (C=O) groups excluding carboxylic acids is 1. The van der Waals surface area contributed by atoms with Crippen molar-refractivity contribution in [2.24, 2.45) is 0 Å². The fourth-order valence-corrected chi connectivity index (χ4v) is 5.51. The molecule has 0 saturated carbocycles. The van der Waals surface area contributed by atoms with Crippen LogP contribution in [0.25, 0.3) is 11.1 Å². The third-order valence-electron chi connectivity index (χ3n) is 6.66. The van der Waals surface area contributed by atoms with Crippen LogP contribution in [0.2, 0.25) is 0 Å². The average molecular weight is 536 g/mol. The normalized spacial score (nSPS) is 13.2. The molecule has 0 heterocycles. The largest absolute Gasteiger partial charge is 0.510 e. The summed E-state index contributed by atoms with van der Waals surface area (Å²) in [7, 11) is -5.58. The SMILES string of the molecule is Cc1c(CNC(=O)OCC2c3ccccc3-c3ccccc32)c(C)c([B-](F)(F)F)c(C)c1OS(=O)(=O)F. The number of ether oxygens (including phenoxy) is 1. The van der Waals surface area contributed by atoms with E-state index in [1.165, 1.54) is 13.8 Å². The summed E-state index contributed by atoms with van der Waals surface area (Å²) in [6, 6.07) is 15.5. The molecule has 1 aliphatic rings. The van der Waals surface area contributed by atoms with Crippen LogP contribution >= 0.6 is 0 Å². The number of hydrogen-bond acceptors (Lipinski definition) is 5. The predicted octanol–water partition coefficient (Wildman–Crippen LogP) is 5.30. The van der Waals surface area contributed by atoms with Crippen LogP contribution in [-0.2, 0) is 21.8 Å². The van der Waals surface area contributed by atoms with E-state index in [0.717, 1.165) is 29.2 Å². The monoisotopic (exact) mass is 536 g/mol. The van der Waals surface area contributed by atoms with Crippen molar-refractivity contribution < 1.29 is 39.0 Å². The summed E-state index contributed by atoms with van der Waals surface area (Å²) in [5.74, 6) is -0.970. The third-order valence-corrected chi connectivity index (χ3v) is 7.02. The van der Waals surface area contributed by atoms with Crippen molar-refractivity contribution in [3.05, 3.63) is 81.9 Å². The highest BCUT2D eigenvalue weighted by Gasteiger charge is 2.34. The molecular weight excluding hydrogens is 513 g/mol. The molecule has 0 aliphatic heterocycles. The minimum Gasteiger partial charge on any atom is -0.449 e. The van der Waals surface area contributed by atoms with Gasteiger partial charge in [-0.1, -0.05) is 63.4 Å². The molecule has 12 heteroatoms. The van der Waals surface area contributed by atoms with E-state index in [1.807, 2.05) is 48.5 Å². The zero-order chi connectivity index (χ0) is 27.1. The van der Waals surface area contributed by atoms with Gasteiger partial charge in [-0.05, 0) is 59.7 Å². The van der Waals surface area contributed by atoms with Crippen LogP contribution < -0.4 is 15.0 Å². The minimum atomic E-state index is -5.60. The highest BCUT2D eigenvalue weighted by atomic mass is 32.3. The van der Waals surface area contributed by atoms with Crippen LogP contribution in [-0.4, -0.2) is 28.1 Å². The van der Waals surface area contributed by atoms with Crippen molar-refractivity contribution in [2.75, 3.05) is 6.61 Å². The second-order valence-electron chi connectivity index (χ2n) is 8.83. The third kappa shape index (κ3) is 5.29. The molecule has 0 unspecified atom stereocenters. The van der Waals surface area contributed by atoms with Crippen LogP contribution in [0, 0.1) is 20.8 Å². The van der Waals surface area contributed by atoms with Gasteiger partial charge in [-0.25, -0.2) is 4.79 Å². The Bertz CT molecular complexity index is 1450. The maximum Gasteiger partial charge on any atom is 0.510 e. The summed E-state index contributed by atoms with van der Waals surface area (Å²) < 4.78 is 86.5. The van der Waals surface area contributed by atoms with Gasteiger partial charge in [0.15, 0.2) is 0 Å². The zero-order valence-electron chi connectivity index (χ0n) is 20.1. The first-order chi connectivity index (χ1) is 17.3. The Labute approximate surface area is 212 Å². The Morgan fingerprint density at radius 1 is 0.919 bits per heavy atom. The van der Waals surface area contributed by atoms with Crippen LogP contribution in [0.5, 0.6) is 5.75 Å². The molecule has 0 aromatic heterocycles. The van der Waals surface area contributed by atoms with Gasteiger partial charge in [-0.15, -0.1) is 0 Å². The van der Waals surface area contributed by atoms with E-state index >= 15 is 0 Å². The van der Waals surface area contributed by atoms with Gasteiger partial charge in [0.05, 0.1) is 0 Å². The van der Waals surface area contributed by atoms with Gasteiger partial charge in [-0.2, -0.15) is 8.42 Å². The summed E-state index contributed by atoms with van der Waals surface area (Å²) in [5, 5.41) is 2.42. The van der Waals surface area contributed by atoms with E-state index in [4.69, 9.17) is 4.74 Å². The van der Waals surface area contributed by atoms with Crippen LogP contribution in [0.1, 0.15) is 39.3 Å². The number of benzene rings is 3. The van der Waals surface area contributed by atoms with Crippen LogP contribution in [0.4, 0.5) is 21.6 Å². The molecule has 1 aliphatic carbocycles. The summed E-state index contributed by atoms with van der Waals surface area (Å²) in [4.78, 5) is 12.5. The fraction of sp³-hybridized carbons (Fsp3) is 0.240. The molecule has 1 amide bonds. The Morgan fingerprint density at radius 2 is 1.46 bits per heavy atom. The first-order valence-corrected chi connectivity index (χ1v) is 12.7. The molecule has 196 valence electrons. The molecular formula is C25H23BF4NO5S-. The van der Waals surface area contributed by atoms with E-state index in [1.54, 1.807) is 0 Å². The second kappa shape index (κ2) is 9.73. The molecule has 4 rings (SSSR count). The smallest absolute Gasteiger partial charge is 0.449 e. The standard InChI is InChI=1S/C25H23BF4NO5S/c1-14-21(15(2)24(36-37(30,33)34)16(3)23(14)26(27,28)29)12-31-25(32)35-13-22-19-10-6-4-8-17(19)18-9-5-7-11-20(18)22/h4-11,22H,12-13H2,1-3H3,(H,31,32)/q-1. The Balaban J connectivity index is 1.55. The Kier molecular flexibility index (Phi) is 6.98. The van der Waals surface area contributed by atoms with Gasteiger partial charge in [-0.3, -0.25) is 0 Å². The predicted molar refractivity (Wildman–Crippen MR) is 132 cm³/mol. The zero-order valence-corrected chi connectivity index (χ0v) is 21.0. The quantitative estimate of drug-likeness (QED) is 0.252. The molecule has 37 heavy (non-hydrogen) atoms. The van der Waals surface area contributed by atoms with E-state index in [2.05, 4.69) is 9.50 Å². The van der Waals surface area contributed by atoms with E-state index in [9.17, 15) is 30.0 Å². The molecule has 0 fully saturated rings. The van der Waals surface area contributed by atoms with Crippen LogP contribution in [0.3, 0.4) is 0 Å². The number of nitrogens with one attached hydrogen (secondary N) is 1. The maximum absolute atomic E-state index is 13.8. The molecule has 0 saturated heterocycles. The van der Waals surface area contributed by atoms with Crippen molar-refractivity contribution in [1.82, 2.24) is 5.32 Å². The average Bonchev–Trinajstić information content (AvgIpc) is 3.12. The molecule has 0 radical (unpaired) electrons. The molecule has 0 spiro atoms. The number of hydrogen-bond donors (Lipinski definition) is 1. The lowest BCUT2D eigenvalue weighted by Crippen LogP contribution is -2.40. The number of carbonyl (C=O) groups is 1. The van der Waals surface area contributed by atoms with Crippen molar-refractivity contribution in [1.29, 1.82) is 0 Å². The number of halogens is 4. The summed E-state index contributed by atoms with van der Waals surface area (Å²) in [5.41, 5.74) is 2.10. The second-order valence-corrected chi connectivity index (χ2v) is 9.78. The van der Waals surface area contributed by atoms with Gasteiger partial charge in [0.1, 0.15) is 12.4 Å². The molecule has 3 aromatic rings. The highest BCUT2D eigenvalue weighted by molar-refractivity contribution is 7.81. The number of alkyl carbamates (subject to hydrolysis) is 1. The van der Waals surface area contributed by atoms with Gasteiger partial charge < -0.3 is 27.2 Å². The molecule has 0 bridgehead atoms. The number of amides is 1. The van der Waals surface area contributed by atoms with Crippen molar-refractivity contribution in [3.8, 4) is 16.9 Å². The van der Waals surface area contributed by atoms with Crippen molar-refractivity contribution in [3.63, 3.8) is 0 Å². The summed E-state index contributed by atoms with van der Waals surface area (Å²) in [6.45, 7) is -2.52. The molecule has 6 nitrogen and oxygen atoms in total. The topological polar surface area (TPSA) is 81.7 Å². The molecule has 1 N–H and O–H groups in total. The van der Waals surface area contributed by atoms with Gasteiger partial charge in [0.2, 0.25) is 0 Å². The lowest BCUT2D eigenvalue weighted by Gasteiger charge is -2.27. The lowest BCUT2D eigenvalue weighted by molar-refractivity contribution is 0.142. The van der Waals surface area contributed by atoms with Gasteiger partial charge in [0.25, 0.3) is 0 Å². The van der Waals surface area contributed by atoms with Crippen molar-refractivity contribution in [2.45, 2.75) is 33.2 Å². The number of fused-ring (bicyclic) bond motifs is 3. The molecule has 0 atom stereocenters. The Hall–Kier alpha value is -3.54. The van der Waals surface area contributed by atoms with E-state index in [-0.39, 0.29) is 29.2 Å². The minimum absolute atomic E-state index is 0.00289. The van der Waals surface area contributed by atoms with E-state index in [0.29, 0.717) is 0 Å². The number of rotatable bonds is 7. The van der Waals surface area contributed by atoms with Crippen LogP contribution in [0.15, 0.2) is 48.5 Å². The van der Waals surface area contributed by atoms with Gasteiger partial charge in [0, 0.05) is 12.5 Å². The highest BCUT2D eigenvalue weighted by Crippen LogP contribution is 2.44.